The van der Waals surface area contributed by atoms with Crippen molar-refractivity contribution in [2.24, 2.45) is 0 Å². The predicted octanol–water partition coefficient (Wildman–Crippen LogP) is 4.66. The summed E-state index contributed by atoms with van der Waals surface area (Å²) in [6.45, 7) is 1.57. The average molecular weight is 418 g/mol. The van der Waals surface area contributed by atoms with Gasteiger partial charge in [-0.15, -0.1) is 0 Å². The van der Waals surface area contributed by atoms with Gasteiger partial charge in [0.15, 0.2) is 5.13 Å². The summed E-state index contributed by atoms with van der Waals surface area (Å²) in [4.78, 5) is 21.7. The summed E-state index contributed by atoms with van der Waals surface area (Å²) in [6.07, 6.45) is 0.894. The summed E-state index contributed by atoms with van der Waals surface area (Å²) >= 11 is 5.05. The molecule has 0 unspecified atom stereocenters. The highest BCUT2D eigenvalue weighted by molar-refractivity contribution is 9.10. The number of thiazole rings is 1. The van der Waals surface area contributed by atoms with E-state index in [4.69, 9.17) is 0 Å². The van der Waals surface area contributed by atoms with Crippen molar-refractivity contribution in [3.8, 4) is 0 Å². The van der Waals surface area contributed by atoms with E-state index in [1.807, 2.05) is 62.6 Å². The monoisotopic (exact) mass is 417 g/mol. The molecule has 0 fully saturated rings. The van der Waals surface area contributed by atoms with Crippen LogP contribution in [0.1, 0.15) is 16.8 Å². The smallest absolute Gasteiger partial charge is 0.260 e. The van der Waals surface area contributed by atoms with Gasteiger partial charge in [0, 0.05) is 16.6 Å². The topological polar surface area (TPSA) is 36.4 Å². The average Bonchev–Trinajstić information content (AvgIpc) is 3.01. The molecule has 0 spiro atoms. The maximum atomic E-state index is 13.0. The maximum absolute atomic E-state index is 13.0. The third kappa shape index (κ3) is 4.45. The Kier molecular flexibility index (Phi) is 5.83. The number of fused-ring (bicyclic) bond motifs is 1. The van der Waals surface area contributed by atoms with Gasteiger partial charge in [-0.05, 0) is 57.4 Å². The summed E-state index contributed by atoms with van der Waals surface area (Å²) in [5.41, 5.74) is 1.61. The summed E-state index contributed by atoms with van der Waals surface area (Å²) < 4.78 is 2.09. The Morgan fingerprint density at radius 1 is 1.12 bits per heavy atom. The van der Waals surface area contributed by atoms with Crippen LogP contribution in [0.25, 0.3) is 10.2 Å². The van der Waals surface area contributed by atoms with Crippen molar-refractivity contribution in [3.63, 3.8) is 0 Å². The lowest BCUT2D eigenvalue weighted by atomic mass is 10.2. The highest BCUT2D eigenvalue weighted by atomic mass is 79.9. The molecular weight excluding hydrogens is 398 g/mol. The molecule has 0 aliphatic carbocycles. The number of hydrogen-bond acceptors (Lipinski definition) is 4. The highest BCUT2D eigenvalue weighted by Gasteiger charge is 2.21. The van der Waals surface area contributed by atoms with Gasteiger partial charge in [0.2, 0.25) is 0 Å². The van der Waals surface area contributed by atoms with Crippen LogP contribution in [0.4, 0.5) is 5.13 Å². The highest BCUT2D eigenvalue weighted by Crippen LogP contribution is 2.31. The van der Waals surface area contributed by atoms with Crippen LogP contribution >= 0.6 is 27.3 Å². The van der Waals surface area contributed by atoms with Crippen molar-refractivity contribution < 1.29 is 4.79 Å². The minimum atomic E-state index is -0.00234. The molecule has 1 aromatic heterocycles. The molecule has 0 N–H and O–H groups in total. The van der Waals surface area contributed by atoms with E-state index in [2.05, 4.69) is 25.8 Å². The molecule has 1 amide bonds. The number of amides is 1. The fourth-order valence-corrected chi connectivity index (χ4v) is 4.11. The van der Waals surface area contributed by atoms with Crippen molar-refractivity contribution in [1.29, 1.82) is 0 Å². The molecule has 0 aliphatic rings. The zero-order valence-corrected chi connectivity index (χ0v) is 16.7. The van der Waals surface area contributed by atoms with Crippen LogP contribution in [0.15, 0.2) is 53.0 Å². The van der Waals surface area contributed by atoms with Crippen LogP contribution in [-0.2, 0) is 0 Å². The summed E-state index contributed by atoms with van der Waals surface area (Å²) in [5, 5.41) is 0.751. The van der Waals surface area contributed by atoms with Crippen LogP contribution in [0.2, 0.25) is 0 Å². The predicted molar refractivity (Wildman–Crippen MR) is 109 cm³/mol. The number of hydrogen-bond donors (Lipinski definition) is 0. The molecule has 3 rings (SSSR count). The van der Waals surface area contributed by atoms with Crippen molar-refractivity contribution >= 4 is 48.5 Å². The quantitative estimate of drug-likeness (QED) is 0.585. The molecule has 2 aromatic carbocycles. The second-order valence-corrected chi connectivity index (χ2v) is 8.01. The third-order valence-corrected chi connectivity index (χ3v) is 5.36. The van der Waals surface area contributed by atoms with Gasteiger partial charge in [-0.2, -0.15) is 0 Å². The van der Waals surface area contributed by atoms with Crippen LogP contribution in [0, 0.1) is 0 Å². The van der Waals surface area contributed by atoms with Gasteiger partial charge < -0.3 is 4.90 Å². The zero-order chi connectivity index (χ0) is 17.8. The molecule has 0 bridgehead atoms. The molecule has 0 saturated carbocycles. The van der Waals surface area contributed by atoms with Gasteiger partial charge in [-0.3, -0.25) is 9.69 Å². The minimum Gasteiger partial charge on any atom is -0.309 e. The summed E-state index contributed by atoms with van der Waals surface area (Å²) in [6, 6.07) is 15.4. The lowest BCUT2D eigenvalue weighted by Gasteiger charge is -2.21. The Morgan fingerprint density at radius 3 is 2.60 bits per heavy atom. The van der Waals surface area contributed by atoms with Crippen LogP contribution in [-0.4, -0.2) is 43.0 Å². The maximum Gasteiger partial charge on any atom is 0.260 e. The Labute approximate surface area is 160 Å². The van der Waals surface area contributed by atoms with E-state index in [0.717, 1.165) is 32.8 Å². The molecule has 4 nitrogen and oxygen atoms in total. The zero-order valence-electron chi connectivity index (χ0n) is 14.3. The minimum absolute atomic E-state index is 0.00234. The molecule has 0 radical (unpaired) electrons. The summed E-state index contributed by atoms with van der Waals surface area (Å²) in [5.74, 6) is -0.00234. The molecular formula is C19H20BrN3OS. The van der Waals surface area contributed by atoms with E-state index in [9.17, 15) is 4.79 Å². The first-order valence-electron chi connectivity index (χ1n) is 8.12. The number of rotatable bonds is 6. The molecule has 3 aromatic rings. The van der Waals surface area contributed by atoms with E-state index in [1.165, 1.54) is 0 Å². The van der Waals surface area contributed by atoms with Crippen molar-refractivity contribution in [3.05, 3.63) is 58.6 Å². The second kappa shape index (κ2) is 8.08. The number of carbonyl (C=O) groups is 1. The van der Waals surface area contributed by atoms with Gasteiger partial charge in [0.1, 0.15) is 0 Å². The van der Waals surface area contributed by atoms with E-state index in [0.29, 0.717) is 12.1 Å². The van der Waals surface area contributed by atoms with Crippen molar-refractivity contribution in [1.82, 2.24) is 9.88 Å². The Morgan fingerprint density at radius 2 is 1.88 bits per heavy atom. The van der Waals surface area contributed by atoms with Crippen LogP contribution < -0.4 is 4.90 Å². The van der Waals surface area contributed by atoms with Gasteiger partial charge in [-0.1, -0.05) is 45.5 Å². The van der Waals surface area contributed by atoms with E-state index < -0.39 is 0 Å². The first-order chi connectivity index (χ1) is 12.0. The normalized spacial score (nSPS) is 11.2. The number of aromatic nitrogens is 1. The Bertz CT molecular complexity index is 863. The Hall–Kier alpha value is -1.76. The first kappa shape index (κ1) is 18.0. The molecule has 25 heavy (non-hydrogen) atoms. The lowest BCUT2D eigenvalue weighted by molar-refractivity contribution is 0.0986. The number of carbonyl (C=O) groups excluding carboxylic acids is 1. The fraction of sp³-hybridized carbons (Fsp3) is 0.263. The SMILES string of the molecule is CN(C)CCCN(C(=O)c1ccccc1)c1nc2ccc(Br)cc2s1. The van der Waals surface area contributed by atoms with Crippen LogP contribution in [0.3, 0.4) is 0 Å². The molecule has 130 valence electrons. The fourth-order valence-electron chi connectivity index (χ4n) is 2.57. The van der Waals surface area contributed by atoms with E-state index in [1.54, 1.807) is 16.2 Å². The van der Waals surface area contributed by atoms with Gasteiger partial charge in [0.05, 0.1) is 10.2 Å². The lowest BCUT2D eigenvalue weighted by Crippen LogP contribution is -2.33. The van der Waals surface area contributed by atoms with Gasteiger partial charge >= 0.3 is 0 Å². The van der Waals surface area contributed by atoms with Gasteiger partial charge in [-0.25, -0.2) is 4.98 Å². The Balaban J connectivity index is 1.92. The van der Waals surface area contributed by atoms with E-state index >= 15 is 0 Å². The molecule has 0 aliphatic heterocycles. The van der Waals surface area contributed by atoms with E-state index in [-0.39, 0.29) is 5.91 Å². The second-order valence-electron chi connectivity index (χ2n) is 6.09. The van der Waals surface area contributed by atoms with Gasteiger partial charge in [0.25, 0.3) is 5.91 Å². The largest absolute Gasteiger partial charge is 0.309 e. The van der Waals surface area contributed by atoms with Crippen LogP contribution in [0.5, 0.6) is 0 Å². The molecule has 0 atom stereocenters. The standard InChI is InChI=1S/C19H20BrN3OS/c1-22(2)11-6-12-23(18(24)14-7-4-3-5-8-14)19-21-16-10-9-15(20)13-17(16)25-19/h3-5,7-10,13H,6,11-12H2,1-2H3. The third-order valence-electron chi connectivity index (χ3n) is 3.82. The molecule has 6 heteroatoms. The number of anilines is 1. The summed E-state index contributed by atoms with van der Waals surface area (Å²) in [7, 11) is 4.08. The number of halogens is 1. The number of benzene rings is 2. The first-order valence-corrected chi connectivity index (χ1v) is 9.73. The molecule has 1 heterocycles. The molecule has 0 saturated heterocycles. The van der Waals surface area contributed by atoms with Crippen molar-refractivity contribution in [2.45, 2.75) is 6.42 Å². The number of nitrogens with zero attached hydrogens (tertiary/aromatic N) is 3. The van der Waals surface area contributed by atoms with Crippen molar-refractivity contribution in [2.75, 3.05) is 32.1 Å².